The van der Waals surface area contributed by atoms with Crippen molar-refractivity contribution in [3.05, 3.63) is 0 Å². The van der Waals surface area contributed by atoms with Gasteiger partial charge >= 0.3 is 0 Å². The Balaban J connectivity index is 2.32. The molecule has 0 heterocycles. The van der Waals surface area contributed by atoms with Gasteiger partial charge in [-0.15, -0.1) is 0 Å². The van der Waals surface area contributed by atoms with Gasteiger partial charge in [0.05, 0.1) is 12.7 Å². The molecule has 0 bridgehead atoms. The van der Waals surface area contributed by atoms with E-state index in [1.54, 1.807) is 0 Å². The number of rotatable bonds is 6. The molecule has 3 nitrogen and oxygen atoms in total. The van der Waals surface area contributed by atoms with Crippen LogP contribution in [0.3, 0.4) is 0 Å². The van der Waals surface area contributed by atoms with Gasteiger partial charge in [0.1, 0.15) is 0 Å². The Labute approximate surface area is 113 Å². The molecule has 3 heteroatoms. The first-order chi connectivity index (χ1) is 8.33. The van der Waals surface area contributed by atoms with Gasteiger partial charge in [0.25, 0.3) is 0 Å². The summed E-state index contributed by atoms with van der Waals surface area (Å²) in [7, 11) is 2.18. The summed E-state index contributed by atoms with van der Waals surface area (Å²) in [5, 5.41) is 0. The van der Waals surface area contributed by atoms with Crippen LogP contribution in [-0.2, 0) is 4.74 Å². The average Bonchev–Trinajstić information content (AvgIpc) is 2.24. The number of ether oxygens (including phenoxy) is 1. The van der Waals surface area contributed by atoms with Crippen LogP contribution in [-0.4, -0.2) is 43.8 Å². The molecule has 108 valence electrons. The maximum Gasteiger partial charge on any atom is 0.0596 e. The topological polar surface area (TPSA) is 38.5 Å². The van der Waals surface area contributed by atoms with Crippen molar-refractivity contribution in [2.75, 3.05) is 26.7 Å². The summed E-state index contributed by atoms with van der Waals surface area (Å²) >= 11 is 0. The van der Waals surface area contributed by atoms with Gasteiger partial charge < -0.3 is 15.4 Å². The first-order valence-electron chi connectivity index (χ1n) is 7.38. The van der Waals surface area contributed by atoms with Crippen LogP contribution in [0.15, 0.2) is 0 Å². The molecule has 0 aliphatic heterocycles. The van der Waals surface area contributed by atoms with Crippen molar-refractivity contribution in [2.45, 2.75) is 59.1 Å². The molecule has 18 heavy (non-hydrogen) atoms. The fraction of sp³-hybridized carbons (Fsp3) is 1.00. The van der Waals surface area contributed by atoms with E-state index in [4.69, 9.17) is 10.5 Å². The molecule has 1 fully saturated rings. The Morgan fingerprint density at radius 1 is 1.39 bits per heavy atom. The second-order valence-corrected chi connectivity index (χ2v) is 6.85. The van der Waals surface area contributed by atoms with Gasteiger partial charge in [-0.25, -0.2) is 0 Å². The van der Waals surface area contributed by atoms with Crippen LogP contribution in [0.1, 0.15) is 47.0 Å². The maximum atomic E-state index is 6.42. The first kappa shape index (κ1) is 15.9. The average molecular weight is 256 g/mol. The Kier molecular flexibility index (Phi) is 6.09. The summed E-state index contributed by atoms with van der Waals surface area (Å²) in [6.45, 7) is 11.7. The Morgan fingerprint density at radius 2 is 2.06 bits per heavy atom. The van der Waals surface area contributed by atoms with E-state index in [0.717, 1.165) is 19.7 Å². The van der Waals surface area contributed by atoms with Gasteiger partial charge in [0.15, 0.2) is 0 Å². The summed E-state index contributed by atoms with van der Waals surface area (Å²) < 4.78 is 5.60. The van der Waals surface area contributed by atoms with Gasteiger partial charge in [-0.2, -0.15) is 0 Å². The Hall–Kier alpha value is -0.120. The molecule has 1 saturated carbocycles. The SMILES string of the molecule is CC(C)OCCN(C)CC1CCCC(C)(C)C1N. The van der Waals surface area contributed by atoms with Gasteiger partial charge in [-0.3, -0.25) is 0 Å². The van der Waals surface area contributed by atoms with Crippen molar-refractivity contribution >= 4 is 0 Å². The summed E-state index contributed by atoms with van der Waals surface area (Å²) in [4.78, 5) is 2.37. The molecule has 0 aromatic heterocycles. The molecule has 0 amide bonds. The molecule has 1 aliphatic rings. The quantitative estimate of drug-likeness (QED) is 0.793. The van der Waals surface area contributed by atoms with Crippen molar-refractivity contribution in [3.8, 4) is 0 Å². The maximum absolute atomic E-state index is 6.42. The highest BCUT2D eigenvalue weighted by molar-refractivity contribution is 4.92. The van der Waals surface area contributed by atoms with E-state index < -0.39 is 0 Å². The van der Waals surface area contributed by atoms with Gasteiger partial charge in [0, 0.05) is 19.1 Å². The van der Waals surface area contributed by atoms with E-state index >= 15 is 0 Å². The molecule has 1 aliphatic carbocycles. The number of hydrogen-bond acceptors (Lipinski definition) is 3. The smallest absolute Gasteiger partial charge is 0.0596 e. The summed E-state index contributed by atoms with van der Waals surface area (Å²) in [5.41, 5.74) is 6.73. The number of likely N-dealkylation sites (N-methyl/N-ethyl adjacent to an activating group) is 1. The van der Waals surface area contributed by atoms with Gasteiger partial charge in [0.2, 0.25) is 0 Å². The lowest BCUT2D eigenvalue weighted by atomic mass is 9.68. The molecule has 2 unspecified atom stereocenters. The minimum absolute atomic E-state index is 0.304. The monoisotopic (exact) mass is 256 g/mol. The zero-order valence-electron chi connectivity index (χ0n) is 12.9. The Morgan fingerprint density at radius 3 is 2.67 bits per heavy atom. The predicted octanol–water partition coefficient (Wildman–Crippen LogP) is 2.50. The van der Waals surface area contributed by atoms with E-state index in [1.165, 1.54) is 19.3 Å². The van der Waals surface area contributed by atoms with Crippen LogP contribution in [0.5, 0.6) is 0 Å². The highest BCUT2D eigenvalue weighted by atomic mass is 16.5. The van der Waals surface area contributed by atoms with Crippen molar-refractivity contribution in [1.29, 1.82) is 0 Å². The fourth-order valence-electron chi connectivity index (χ4n) is 2.94. The number of nitrogens with two attached hydrogens (primary N) is 1. The molecule has 0 saturated heterocycles. The molecular formula is C15H32N2O. The van der Waals surface area contributed by atoms with Crippen LogP contribution >= 0.6 is 0 Å². The third kappa shape index (κ3) is 4.87. The molecule has 1 rings (SSSR count). The fourth-order valence-corrected chi connectivity index (χ4v) is 2.94. The van der Waals surface area contributed by atoms with E-state index in [1.807, 2.05) is 0 Å². The molecular weight excluding hydrogens is 224 g/mol. The minimum atomic E-state index is 0.304. The summed E-state index contributed by atoms with van der Waals surface area (Å²) in [6, 6.07) is 0.333. The molecule has 2 N–H and O–H groups in total. The van der Waals surface area contributed by atoms with Crippen molar-refractivity contribution in [2.24, 2.45) is 17.1 Å². The molecule has 0 radical (unpaired) electrons. The van der Waals surface area contributed by atoms with Crippen molar-refractivity contribution in [1.82, 2.24) is 4.90 Å². The molecule has 0 aromatic carbocycles. The largest absolute Gasteiger partial charge is 0.377 e. The van der Waals surface area contributed by atoms with E-state index in [0.29, 0.717) is 23.5 Å². The summed E-state index contributed by atoms with van der Waals surface area (Å²) in [6.07, 6.45) is 4.20. The normalized spacial score (nSPS) is 28.0. The lowest BCUT2D eigenvalue weighted by Crippen LogP contribution is -2.50. The van der Waals surface area contributed by atoms with Crippen LogP contribution in [0, 0.1) is 11.3 Å². The van der Waals surface area contributed by atoms with Crippen molar-refractivity contribution < 1.29 is 4.74 Å². The van der Waals surface area contributed by atoms with Crippen LogP contribution in [0.25, 0.3) is 0 Å². The lowest BCUT2D eigenvalue weighted by molar-refractivity contribution is 0.0526. The van der Waals surface area contributed by atoms with Crippen molar-refractivity contribution in [3.63, 3.8) is 0 Å². The molecule has 0 spiro atoms. The predicted molar refractivity (Wildman–Crippen MR) is 77.7 cm³/mol. The molecule has 0 aromatic rings. The second-order valence-electron chi connectivity index (χ2n) is 6.85. The third-order valence-corrected chi connectivity index (χ3v) is 4.28. The summed E-state index contributed by atoms with van der Waals surface area (Å²) in [5.74, 6) is 0.637. The van der Waals surface area contributed by atoms with Crippen LogP contribution < -0.4 is 5.73 Å². The lowest BCUT2D eigenvalue weighted by Gasteiger charge is -2.43. The minimum Gasteiger partial charge on any atom is -0.377 e. The van der Waals surface area contributed by atoms with Gasteiger partial charge in [-0.1, -0.05) is 20.3 Å². The molecule has 2 atom stereocenters. The standard InChI is InChI=1S/C15H32N2O/c1-12(2)18-10-9-17(5)11-13-7-6-8-15(3,4)14(13)16/h12-14H,6-11,16H2,1-5H3. The highest BCUT2D eigenvalue weighted by Crippen LogP contribution is 2.37. The third-order valence-electron chi connectivity index (χ3n) is 4.28. The number of nitrogens with zero attached hydrogens (tertiary/aromatic N) is 1. The van der Waals surface area contributed by atoms with Gasteiger partial charge in [-0.05, 0) is 45.1 Å². The zero-order valence-corrected chi connectivity index (χ0v) is 12.9. The van der Waals surface area contributed by atoms with Crippen LogP contribution in [0.4, 0.5) is 0 Å². The van der Waals surface area contributed by atoms with E-state index in [9.17, 15) is 0 Å². The first-order valence-corrected chi connectivity index (χ1v) is 7.38. The second kappa shape index (κ2) is 6.88. The van der Waals surface area contributed by atoms with E-state index in [2.05, 4.69) is 39.6 Å². The van der Waals surface area contributed by atoms with E-state index in [-0.39, 0.29) is 0 Å². The zero-order chi connectivity index (χ0) is 13.8. The Bertz CT molecular complexity index is 241. The highest BCUT2D eigenvalue weighted by Gasteiger charge is 2.36. The van der Waals surface area contributed by atoms with Crippen LogP contribution in [0.2, 0.25) is 0 Å². The number of hydrogen-bond donors (Lipinski definition) is 1.